The molecule has 2 aliphatic rings. The smallest absolute Gasteiger partial charge is 0.251 e. The van der Waals surface area contributed by atoms with Gasteiger partial charge in [-0.25, -0.2) is 0 Å². The maximum Gasteiger partial charge on any atom is 0.251 e. The second kappa shape index (κ2) is 7.38. The Morgan fingerprint density at radius 2 is 1.85 bits per heavy atom. The molecule has 136 valence electrons. The molecule has 0 unspecified atom stereocenters. The van der Waals surface area contributed by atoms with Crippen LogP contribution in [-0.2, 0) is 13.1 Å². The van der Waals surface area contributed by atoms with E-state index in [4.69, 9.17) is 9.47 Å². The summed E-state index contributed by atoms with van der Waals surface area (Å²) in [7, 11) is 1.65. The van der Waals surface area contributed by atoms with Gasteiger partial charge in [0, 0.05) is 37.3 Å². The third-order valence-electron chi connectivity index (χ3n) is 4.91. The number of ether oxygens (including phenoxy) is 2. The molecule has 1 aliphatic carbocycles. The van der Waals surface area contributed by atoms with E-state index < -0.39 is 0 Å². The average molecular weight is 352 g/mol. The molecule has 2 aromatic rings. The molecule has 1 fully saturated rings. The molecule has 4 rings (SSSR count). The van der Waals surface area contributed by atoms with Gasteiger partial charge in [0.25, 0.3) is 5.91 Å². The Balaban J connectivity index is 1.50. The summed E-state index contributed by atoms with van der Waals surface area (Å²) in [6, 6.07) is 14.6. The van der Waals surface area contributed by atoms with Gasteiger partial charge < -0.3 is 14.8 Å². The van der Waals surface area contributed by atoms with Gasteiger partial charge in [0.15, 0.2) is 11.5 Å². The van der Waals surface area contributed by atoms with Crippen LogP contribution in [0.1, 0.15) is 34.3 Å². The molecule has 0 saturated heterocycles. The highest BCUT2D eigenvalue weighted by molar-refractivity contribution is 5.93. The second-order valence-electron chi connectivity index (χ2n) is 6.85. The van der Waals surface area contributed by atoms with Crippen LogP contribution in [0.3, 0.4) is 0 Å². The fourth-order valence-corrected chi connectivity index (χ4v) is 3.37. The first-order chi connectivity index (χ1) is 12.7. The van der Waals surface area contributed by atoms with Crippen LogP contribution in [0.5, 0.6) is 11.5 Å². The number of carbonyl (C=O) groups is 1. The van der Waals surface area contributed by atoms with Gasteiger partial charge in [0.2, 0.25) is 0 Å². The van der Waals surface area contributed by atoms with Crippen LogP contribution < -0.4 is 14.8 Å². The largest absolute Gasteiger partial charge is 0.486 e. The number of fused-ring (bicyclic) bond motifs is 1. The van der Waals surface area contributed by atoms with Gasteiger partial charge in [-0.15, -0.1) is 0 Å². The van der Waals surface area contributed by atoms with Crippen molar-refractivity contribution in [2.24, 2.45) is 0 Å². The number of amides is 1. The van der Waals surface area contributed by atoms with Crippen molar-refractivity contribution in [3.63, 3.8) is 0 Å². The van der Waals surface area contributed by atoms with Crippen LogP contribution in [0.2, 0.25) is 0 Å². The minimum Gasteiger partial charge on any atom is -0.486 e. The van der Waals surface area contributed by atoms with E-state index in [2.05, 4.69) is 16.3 Å². The molecule has 0 atom stereocenters. The topological polar surface area (TPSA) is 50.8 Å². The Bertz CT molecular complexity index is 784. The van der Waals surface area contributed by atoms with Crippen LogP contribution in [0, 0.1) is 0 Å². The second-order valence-corrected chi connectivity index (χ2v) is 6.85. The highest BCUT2D eigenvalue weighted by Gasteiger charge is 2.30. The van der Waals surface area contributed by atoms with Crippen LogP contribution in [0.25, 0.3) is 0 Å². The van der Waals surface area contributed by atoms with Gasteiger partial charge >= 0.3 is 0 Å². The van der Waals surface area contributed by atoms with Crippen molar-refractivity contribution in [1.29, 1.82) is 0 Å². The predicted molar refractivity (Wildman–Crippen MR) is 99.5 cm³/mol. The van der Waals surface area contributed by atoms with E-state index in [1.165, 1.54) is 24.0 Å². The molecule has 1 saturated carbocycles. The average Bonchev–Trinajstić information content (AvgIpc) is 3.53. The SMILES string of the molecule is CNC(=O)c1ccc(CN(Cc2cccc3c2OCCO3)C2CC2)cc1. The molecular weight excluding hydrogens is 328 g/mol. The van der Waals surface area contributed by atoms with E-state index in [-0.39, 0.29) is 5.91 Å². The van der Waals surface area contributed by atoms with Crippen molar-refractivity contribution in [2.45, 2.75) is 32.0 Å². The summed E-state index contributed by atoms with van der Waals surface area (Å²) in [5, 5.41) is 2.66. The summed E-state index contributed by atoms with van der Waals surface area (Å²) in [6.45, 7) is 2.92. The number of carbonyl (C=O) groups excluding carboxylic acids is 1. The molecule has 0 radical (unpaired) electrons. The van der Waals surface area contributed by atoms with E-state index in [0.29, 0.717) is 24.8 Å². The first-order valence-electron chi connectivity index (χ1n) is 9.17. The highest BCUT2D eigenvalue weighted by Crippen LogP contribution is 2.37. The van der Waals surface area contributed by atoms with Crippen molar-refractivity contribution >= 4 is 5.91 Å². The van der Waals surface area contributed by atoms with Gasteiger partial charge in [0.05, 0.1) is 0 Å². The molecule has 0 spiro atoms. The lowest BCUT2D eigenvalue weighted by Gasteiger charge is -2.26. The molecule has 1 amide bonds. The van der Waals surface area contributed by atoms with Crippen molar-refractivity contribution < 1.29 is 14.3 Å². The Morgan fingerprint density at radius 1 is 1.08 bits per heavy atom. The van der Waals surface area contributed by atoms with E-state index in [9.17, 15) is 4.79 Å². The Labute approximate surface area is 153 Å². The molecule has 0 aromatic heterocycles. The summed E-state index contributed by atoms with van der Waals surface area (Å²) in [5.41, 5.74) is 3.08. The minimum atomic E-state index is -0.0522. The zero-order valence-electron chi connectivity index (χ0n) is 15.0. The highest BCUT2D eigenvalue weighted by atomic mass is 16.6. The molecule has 5 nitrogen and oxygen atoms in total. The number of para-hydroxylation sites is 1. The van der Waals surface area contributed by atoms with E-state index in [1.54, 1.807) is 7.05 Å². The molecule has 5 heteroatoms. The molecule has 1 heterocycles. The fourth-order valence-electron chi connectivity index (χ4n) is 3.37. The van der Waals surface area contributed by atoms with Gasteiger partial charge in [-0.1, -0.05) is 24.3 Å². The van der Waals surface area contributed by atoms with Gasteiger partial charge in [-0.2, -0.15) is 0 Å². The number of hydrogen-bond donors (Lipinski definition) is 1. The Morgan fingerprint density at radius 3 is 2.58 bits per heavy atom. The Hall–Kier alpha value is -2.53. The van der Waals surface area contributed by atoms with Crippen LogP contribution in [0.4, 0.5) is 0 Å². The minimum absolute atomic E-state index is 0.0522. The molecule has 2 aromatic carbocycles. The van der Waals surface area contributed by atoms with Gasteiger partial charge in [-0.05, 0) is 36.6 Å². The zero-order chi connectivity index (χ0) is 17.9. The maximum absolute atomic E-state index is 11.7. The summed E-state index contributed by atoms with van der Waals surface area (Å²) in [6.07, 6.45) is 2.48. The first-order valence-corrected chi connectivity index (χ1v) is 9.17. The lowest BCUT2D eigenvalue weighted by molar-refractivity contribution is 0.0963. The number of nitrogens with zero attached hydrogens (tertiary/aromatic N) is 1. The molecule has 26 heavy (non-hydrogen) atoms. The summed E-state index contributed by atoms with van der Waals surface area (Å²) >= 11 is 0. The van der Waals surface area contributed by atoms with Crippen molar-refractivity contribution in [3.05, 3.63) is 59.2 Å². The van der Waals surface area contributed by atoms with Crippen LogP contribution >= 0.6 is 0 Å². The predicted octanol–water partition coefficient (Wildman–Crippen LogP) is 2.98. The normalized spacial score (nSPS) is 15.8. The number of benzene rings is 2. The fraction of sp³-hybridized carbons (Fsp3) is 0.381. The molecule has 0 bridgehead atoms. The van der Waals surface area contributed by atoms with Crippen molar-refractivity contribution in [1.82, 2.24) is 10.2 Å². The van der Waals surface area contributed by atoms with Crippen LogP contribution in [-0.4, -0.2) is 37.1 Å². The summed E-state index contributed by atoms with van der Waals surface area (Å²) in [4.78, 5) is 14.2. The number of nitrogens with one attached hydrogen (secondary N) is 1. The first kappa shape index (κ1) is 16.9. The number of hydrogen-bond acceptors (Lipinski definition) is 4. The molecule has 1 N–H and O–H groups in total. The van der Waals surface area contributed by atoms with Crippen LogP contribution in [0.15, 0.2) is 42.5 Å². The monoisotopic (exact) mass is 352 g/mol. The lowest BCUT2D eigenvalue weighted by Crippen LogP contribution is -2.26. The third kappa shape index (κ3) is 3.68. The van der Waals surface area contributed by atoms with Gasteiger partial charge in [0.1, 0.15) is 13.2 Å². The quantitative estimate of drug-likeness (QED) is 0.868. The van der Waals surface area contributed by atoms with Crippen molar-refractivity contribution in [3.8, 4) is 11.5 Å². The van der Waals surface area contributed by atoms with E-state index in [1.807, 2.05) is 36.4 Å². The summed E-state index contributed by atoms with van der Waals surface area (Å²) < 4.78 is 11.6. The Kier molecular flexibility index (Phi) is 4.80. The maximum atomic E-state index is 11.7. The molecular formula is C21H24N2O3. The van der Waals surface area contributed by atoms with E-state index in [0.717, 1.165) is 24.6 Å². The summed E-state index contributed by atoms with van der Waals surface area (Å²) in [5.74, 6) is 1.68. The lowest BCUT2D eigenvalue weighted by atomic mass is 10.1. The zero-order valence-corrected chi connectivity index (χ0v) is 15.0. The van der Waals surface area contributed by atoms with Crippen molar-refractivity contribution in [2.75, 3.05) is 20.3 Å². The number of rotatable bonds is 6. The molecule has 1 aliphatic heterocycles. The van der Waals surface area contributed by atoms with E-state index >= 15 is 0 Å². The standard InChI is InChI=1S/C21H24N2O3/c1-22-21(24)16-7-5-15(6-8-16)13-23(18-9-10-18)14-17-3-2-4-19-20(17)26-12-11-25-19/h2-8,18H,9-14H2,1H3,(H,22,24). The third-order valence-corrected chi connectivity index (χ3v) is 4.91. The van der Waals surface area contributed by atoms with Gasteiger partial charge in [-0.3, -0.25) is 9.69 Å².